The number of hydrogen-bond donors (Lipinski definition) is 3. The second kappa shape index (κ2) is 5.30. The Hall–Kier alpha value is -2.09. The van der Waals surface area contributed by atoms with Gasteiger partial charge in [0.05, 0.1) is 12.2 Å². The second-order valence-corrected chi connectivity index (χ2v) is 3.01. The molecular weight excluding hydrogens is 238 g/mol. The van der Waals surface area contributed by atoms with Gasteiger partial charge >= 0.3 is 5.97 Å². The van der Waals surface area contributed by atoms with Crippen molar-refractivity contribution in [3.05, 3.63) is 29.6 Å². The number of carbonyl (C=O) groups is 2. The summed E-state index contributed by atoms with van der Waals surface area (Å²) in [6.07, 6.45) is 0.863. The molecule has 0 radical (unpaired) electrons. The van der Waals surface area contributed by atoms with Crippen LogP contribution in [-0.4, -0.2) is 39.7 Å². The summed E-state index contributed by atoms with van der Waals surface area (Å²) in [7, 11) is 0. The van der Waals surface area contributed by atoms with Gasteiger partial charge in [0.2, 0.25) is 5.95 Å². The molecule has 0 aliphatic rings. The first-order valence-electron chi connectivity index (χ1n) is 4.42. The van der Waals surface area contributed by atoms with E-state index in [9.17, 15) is 18.4 Å². The van der Waals surface area contributed by atoms with Gasteiger partial charge in [0, 0.05) is 6.20 Å². The average molecular weight is 246 g/mol. The van der Waals surface area contributed by atoms with Gasteiger partial charge in [-0.2, -0.15) is 4.39 Å². The summed E-state index contributed by atoms with van der Waals surface area (Å²) in [5.41, 5.74) is -0.683. The minimum Gasteiger partial charge on any atom is -0.480 e. The van der Waals surface area contributed by atoms with Gasteiger partial charge in [0.15, 0.2) is 11.9 Å². The van der Waals surface area contributed by atoms with Crippen LogP contribution in [0.5, 0.6) is 0 Å². The molecular formula is C9H8F2N2O4. The largest absolute Gasteiger partial charge is 0.480 e. The quantitative estimate of drug-likeness (QED) is 0.624. The fourth-order valence-corrected chi connectivity index (χ4v) is 1.02. The first-order chi connectivity index (χ1) is 7.97. The van der Waals surface area contributed by atoms with Crippen molar-refractivity contribution < 1.29 is 28.6 Å². The van der Waals surface area contributed by atoms with Crippen molar-refractivity contribution in [2.45, 2.75) is 6.04 Å². The van der Waals surface area contributed by atoms with Gasteiger partial charge in [0.25, 0.3) is 5.91 Å². The number of aliphatic carboxylic acids is 1. The van der Waals surface area contributed by atoms with Crippen LogP contribution in [-0.2, 0) is 4.79 Å². The van der Waals surface area contributed by atoms with Crippen LogP contribution >= 0.6 is 0 Å². The highest BCUT2D eigenvalue weighted by atomic mass is 19.2. The zero-order valence-corrected chi connectivity index (χ0v) is 8.35. The maximum Gasteiger partial charge on any atom is 0.328 e. The van der Waals surface area contributed by atoms with Crippen LogP contribution in [0.25, 0.3) is 0 Å². The number of carboxylic acids is 1. The lowest BCUT2D eigenvalue weighted by atomic mass is 10.2. The molecule has 0 spiro atoms. The summed E-state index contributed by atoms with van der Waals surface area (Å²) in [4.78, 5) is 24.8. The van der Waals surface area contributed by atoms with Gasteiger partial charge in [-0.1, -0.05) is 0 Å². The number of aliphatic hydroxyl groups excluding tert-OH is 1. The Morgan fingerprint density at radius 2 is 2.12 bits per heavy atom. The van der Waals surface area contributed by atoms with Crippen molar-refractivity contribution in [3.63, 3.8) is 0 Å². The van der Waals surface area contributed by atoms with E-state index in [-0.39, 0.29) is 0 Å². The standard InChI is InChI=1S/C9H8F2N2O4/c10-6-4(1-2-12-7(6)11)8(15)13-5(3-14)9(16)17/h1-2,5,14H,3H2,(H,13,15)(H,16,17)/t5-/m0/s1. The SMILES string of the molecule is O=C(N[C@@H](CO)C(=O)O)c1ccnc(F)c1F. The lowest BCUT2D eigenvalue weighted by Crippen LogP contribution is -2.43. The van der Waals surface area contributed by atoms with Gasteiger partial charge in [-0.15, -0.1) is 0 Å². The monoisotopic (exact) mass is 246 g/mol. The van der Waals surface area contributed by atoms with E-state index in [0.29, 0.717) is 0 Å². The number of halogens is 2. The topological polar surface area (TPSA) is 99.5 Å². The zero-order chi connectivity index (χ0) is 13.0. The molecule has 0 saturated heterocycles. The Labute approximate surface area is 93.9 Å². The first-order valence-corrected chi connectivity index (χ1v) is 4.42. The number of nitrogens with zero attached hydrogens (tertiary/aromatic N) is 1. The van der Waals surface area contributed by atoms with Crippen LogP contribution in [0.1, 0.15) is 10.4 Å². The number of nitrogens with one attached hydrogen (secondary N) is 1. The van der Waals surface area contributed by atoms with E-state index in [4.69, 9.17) is 10.2 Å². The molecule has 6 nitrogen and oxygen atoms in total. The van der Waals surface area contributed by atoms with E-state index in [1.54, 1.807) is 0 Å². The number of rotatable bonds is 4. The van der Waals surface area contributed by atoms with Crippen molar-refractivity contribution in [2.24, 2.45) is 0 Å². The lowest BCUT2D eigenvalue weighted by molar-refractivity contribution is -0.140. The van der Waals surface area contributed by atoms with E-state index in [1.165, 1.54) is 0 Å². The maximum absolute atomic E-state index is 13.1. The summed E-state index contributed by atoms with van der Waals surface area (Å²) < 4.78 is 25.8. The molecule has 1 aromatic heterocycles. The lowest BCUT2D eigenvalue weighted by Gasteiger charge is -2.11. The van der Waals surface area contributed by atoms with Crippen molar-refractivity contribution in [2.75, 3.05) is 6.61 Å². The zero-order valence-electron chi connectivity index (χ0n) is 8.35. The molecule has 17 heavy (non-hydrogen) atoms. The van der Waals surface area contributed by atoms with Crippen molar-refractivity contribution >= 4 is 11.9 Å². The Morgan fingerprint density at radius 1 is 1.47 bits per heavy atom. The predicted octanol–water partition coefficient (Wildman–Crippen LogP) is -0.465. The molecule has 0 saturated carbocycles. The highest BCUT2D eigenvalue weighted by Gasteiger charge is 2.22. The van der Waals surface area contributed by atoms with E-state index in [2.05, 4.69) is 4.98 Å². The third kappa shape index (κ3) is 2.94. The fraction of sp³-hybridized carbons (Fsp3) is 0.222. The van der Waals surface area contributed by atoms with Gasteiger partial charge in [-0.3, -0.25) is 4.79 Å². The number of amides is 1. The number of aromatic nitrogens is 1. The molecule has 0 aliphatic heterocycles. The molecule has 0 fully saturated rings. The molecule has 1 rings (SSSR count). The summed E-state index contributed by atoms with van der Waals surface area (Å²) in [6, 6.07) is -0.692. The molecule has 1 heterocycles. The van der Waals surface area contributed by atoms with E-state index < -0.39 is 41.9 Å². The van der Waals surface area contributed by atoms with Crippen molar-refractivity contribution in [1.29, 1.82) is 0 Å². The van der Waals surface area contributed by atoms with Crippen LogP contribution in [0.15, 0.2) is 12.3 Å². The Morgan fingerprint density at radius 3 is 2.65 bits per heavy atom. The Bertz CT molecular complexity index is 453. The number of aliphatic hydroxyl groups is 1. The van der Waals surface area contributed by atoms with Crippen LogP contribution < -0.4 is 5.32 Å². The van der Waals surface area contributed by atoms with Gasteiger partial charge in [0.1, 0.15) is 0 Å². The van der Waals surface area contributed by atoms with Crippen molar-refractivity contribution in [3.8, 4) is 0 Å². The smallest absolute Gasteiger partial charge is 0.328 e. The molecule has 1 amide bonds. The highest BCUT2D eigenvalue weighted by Crippen LogP contribution is 2.08. The maximum atomic E-state index is 13.1. The molecule has 1 aromatic rings. The van der Waals surface area contributed by atoms with E-state index >= 15 is 0 Å². The van der Waals surface area contributed by atoms with Gasteiger partial charge < -0.3 is 15.5 Å². The molecule has 1 atom stereocenters. The number of hydrogen-bond acceptors (Lipinski definition) is 4. The Balaban J connectivity index is 2.90. The average Bonchev–Trinajstić information content (AvgIpc) is 2.28. The third-order valence-corrected chi connectivity index (χ3v) is 1.88. The van der Waals surface area contributed by atoms with Crippen LogP contribution in [0.2, 0.25) is 0 Å². The minimum absolute atomic E-state index is 0.683. The molecule has 8 heteroatoms. The molecule has 3 N–H and O–H groups in total. The van der Waals surface area contributed by atoms with Gasteiger partial charge in [-0.05, 0) is 6.07 Å². The summed E-state index contributed by atoms with van der Waals surface area (Å²) in [5.74, 6) is -5.58. The molecule has 0 aliphatic carbocycles. The van der Waals surface area contributed by atoms with Crippen LogP contribution in [0, 0.1) is 11.8 Å². The molecule has 0 unspecified atom stereocenters. The molecule has 0 bridgehead atoms. The minimum atomic E-state index is -1.59. The fourth-order valence-electron chi connectivity index (χ4n) is 1.02. The first kappa shape index (κ1) is 13.0. The highest BCUT2D eigenvalue weighted by molar-refractivity contribution is 5.96. The number of carboxylic acid groups (broad SMARTS) is 1. The summed E-state index contributed by atoms with van der Waals surface area (Å²) >= 11 is 0. The predicted molar refractivity (Wildman–Crippen MR) is 50.1 cm³/mol. The van der Waals surface area contributed by atoms with Crippen LogP contribution in [0.3, 0.4) is 0 Å². The normalized spacial score (nSPS) is 11.9. The molecule has 92 valence electrons. The Kier molecular flexibility index (Phi) is 4.05. The molecule has 0 aromatic carbocycles. The number of carbonyl (C=O) groups excluding carboxylic acids is 1. The summed E-state index contributed by atoms with van der Waals surface area (Å²) in [5, 5.41) is 19.0. The number of pyridine rings is 1. The van der Waals surface area contributed by atoms with Crippen LogP contribution in [0.4, 0.5) is 8.78 Å². The van der Waals surface area contributed by atoms with E-state index in [0.717, 1.165) is 12.3 Å². The van der Waals surface area contributed by atoms with Crippen molar-refractivity contribution in [1.82, 2.24) is 10.3 Å². The van der Waals surface area contributed by atoms with Gasteiger partial charge in [-0.25, -0.2) is 14.2 Å². The third-order valence-electron chi connectivity index (χ3n) is 1.88. The summed E-state index contributed by atoms with van der Waals surface area (Å²) in [6.45, 7) is -0.865. The second-order valence-electron chi connectivity index (χ2n) is 3.01. The van der Waals surface area contributed by atoms with E-state index in [1.807, 2.05) is 5.32 Å².